The Morgan fingerprint density at radius 3 is 3.10 bits per heavy atom. The van der Waals surface area contributed by atoms with Gasteiger partial charge in [0.05, 0.1) is 11.1 Å². The van der Waals surface area contributed by atoms with Gasteiger partial charge in [0, 0.05) is 4.88 Å². The van der Waals surface area contributed by atoms with Crippen LogP contribution in [0.15, 0.2) is 5.16 Å². The van der Waals surface area contributed by atoms with Crippen LogP contribution in [0.1, 0.15) is 23.8 Å². The summed E-state index contributed by atoms with van der Waals surface area (Å²) >= 11 is 2.78. The van der Waals surface area contributed by atoms with E-state index in [1.165, 1.54) is 16.9 Å². The summed E-state index contributed by atoms with van der Waals surface area (Å²) < 4.78 is 0. The van der Waals surface area contributed by atoms with Crippen molar-refractivity contribution in [2.75, 3.05) is 11.5 Å². The first-order valence-corrected chi connectivity index (χ1v) is 8.27. The van der Waals surface area contributed by atoms with Crippen molar-refractivity contribution < 1.29 is 9.90 Å². The van der Waals surface area contributed by atoms with E-state index in [2.05, 4.69) is 16.9 Å². The highest BCUT2D eigenvalue weighted by molar-refractivity contribution is 7.99. The molecule has 0 fully saturated rings. The topological polar surface area (TPSA) is 89.1 Å². The minimum Gasteiger partial charge on any atom is -0.481 e. The highest BCUT2D eigenvalue weighted by atomic mass is 32.2. The summed E-state index contributed by atoms with van der Waals surface area (Å²) in [6.07, 6.45) is 3.28. The van der Waals surface area contributed by atoms with Gasteiger partial charge in [-0.15, -0.1) is 11.3 Å². The van der Waals surface area contributed by atoms with E-state index in [4.69, 9.17) is 10.8 Å². The highest BCUT2D eigenvalue weighted by Gasteiger charge is 2.23. The minimum atomic E-state index is -0.878. The molecule has 20 heavy (non-hydrogen) atoms. The molecule has 1 atom stereocenters. The Kier molecular flexibility index (Phi) is 3.55. The highest BCUT2D eigenvalue weighted by Crippen LogP contribution is 2.39. The lowest BCUT2D eigenvalue weighted by atomic mass is 9.89. The van der Waals surface area contributed by atoms with Gasteiger partial charge in [0.25, 0.3) is 0 Å². The zero-order chi connectivity index (χ0) is 14.3. The van der Waals surface area contributed by atoms with Gasteiger partial charge in [0.15, 0.2) is 5.16 Å². The number of nitrogens with two attached hydrogens (primary N) is 1. The van der Waals surface area contributed by atoms with E-state index in [0.29, 0.717) is 16.9 Å². The smallest absolute Gasteiger partial charge is 0.313 e. The van der Waals surface area contributed by atoms with Gasteiger partial charge in [0.1, 0.15) is 10.6 Å². The summed E-state index contributed by atoms with van der Waals surface area (Å²) in [6.45, 7) is 2.26. The lowest BCUT2D eigenvalue weighted by Gasteiger charge is -2.17. The number of fused-ring (bicyclic) bond motifs is 3. The van der Waals surface area contributed by atoms with Crippen LogP contribution in [0.3, 0.4) is 0 Å². The van der Waals surface area contributed by atoms with E-state index in [1.54, 1.807) is 11.3 Å². The molecule has 5 nitrogen and oxygen atoms in total. The third kappa shape index (κ3) is 2.47. The molecule has 0 saturated heterocycles. The molecule has 0 radical (unpaired) electrons. The molecule has 0 bridgehead atoms. The summed E-state index contributed by atoms with van der Waals surface area (Å²) in [5.41, 5.74) is 7.36. The quantitative estimate of drug-likeness (QED) is 0.669. The summed E-state index contributed by atoms with van der Waals surface area (Å²) in [5, 5.41) is 10.1. The summed E-state index contributed by atoms with van der Waals surface area (Å²) in [6, 6.07) is 0. The molecular formula is C13H15N3O2S2. The first kappa shape index (κ1) is 13.6. The number of carbonyl (C=O) groups is 1. The van der Waals surface area contributed by atoms with Crippen molar-refractivity contribution >= 4 is 45.1 Å². The molecule has 0 aliphatic heterocycles. The molecule has 3 rings (SSSR count). The lowest BCUT2D eigenvalue weighted by Crippen LogP contribution is -2.09. The first-order chi connectivity index (χ1) is 9.54. The fraction of sp³-hybridized carbons (Fsp3) is 0.462. The number of nitrogens with zero attached hydrogens (tertiary/aromatic N) is 2. The Hall–Kier alpha value is -1.34. The van der Waals surface area contributed by atoms with Gasteiger partial charge in [-0.3, -0.25) is 4.79 Å². The molecule has 0 spiro atoms. The normalized spacial score (nSPS) is 18.1. The standard InChI is InChI=1S/C13H15N3O2S2/c1-6-2-3-7-8(4-6)20-12-10(7)11(14)15-13(16-12)19-5-9(17)18/h6H,2-5H2,1H3,(H,17,18)(H2,14,15,16). The van der Waals surface area contributed by atoms with Crippen LogP contribution in [0, 0.1) is 5.92 Å². The number of aryl methyl sites for hydroxylation is 1. The molecule has 2 aromatic rings. The van der Waals surface area contributed by atoms with Gasteiger partial charge in [-0.1, -0.05) is 18.7 Å². The molecule has 0 saturated carbocycles. The lowest BCUT2D eigenvalue weighted by molar-refractivity contribution is -0.133. The SMILES string of the molecule is CC1CCc2c(sc3nc(SCC(=O)O)nc(N)c23)C1. The van der Waals surface area contributed by atoms with E-state index < -0.39 is 5.97 Å². The van der Waals surface area contributed by atoms with Crippen LogP contribution in [0.4, 0.5) is 5.82 Å². The predicted octanol–water partition coefficient (Wildman–Crippen LogP) is 2.58. The van der Waals surface area contributed by atoms with Crippen molar-refractivity contribution in [3.63, 3.8) is 0 Å². The summed E-state index contributed by atoms with van der Waals surface area (Å²) in [4.78, 5) is 21.6. The summed E-state index contributed by atoms with van der Waals surface area (Å²) in [5.74, 6) is 0.254. The van der Waals surface area contributed by atoms with Gasteiger partial charge in [-0.05, 0) is 30.7 Å². The maximum absolute atomic E-state index is 10.6. The Labute approximate surface area is 124 Å². The fourth-order valence-corrected chi connectivity index (χ4v) is 4.56. The third-order valence-corrected chi connectivity index (χ3v) is 5.47. The predicted molar refractivity (Wildman–Crippen MR) is 81.4 cm³/mol. The van der Waals surface area contributed by atoms with Crippen molar-refractivity contribution in [2.24, 2.45) is 5.92 Å². The Balaban J connectivity index is 2.02. The van der Waals surface area contributed by atoms with Crippen molar-refractivity contribution in [1.29, 1.82) is 0 Å². The van der Waals surface area contributed by atoms with Gasteiger partial charge in [0.2, 0.25) is 0 Å². The molecule has 0 aromatic carbocycles. The Morgan fingerprint density at radius 1 is 1.55 bits per heavy atom. The number of nitrogen functional groups attached to an aromatic ring is 1. The van der Waals surface area contributed by atoms with E-state index >= 15 is 0 Å². The van der Waals surface area contributed by atoms with Gasteiger partial charge in [-0.25, -0.2) is 9.97 Å². The van der Waals surface area contributed by atoms with Crippen LogP contribution in [0.2, 0.25) is 0 Å². The molecule has 3 N–H and O–H groups in total. The number of rotatable bonds is 3. The van der Waals surface area contributed by atoms with E-state index in [1.807, 2.05) is 0 Å². The second kappa shape index (κ2) is 5.21. The zero-order valence-corrected chi connectivity index (χ0v) is 12.7. The number of carboxylic acid groups (broad SMARTS) is 1. The number of aromatic nitrogens is 2. The molecule has 0 amide bonds. The maximum Gasteiger partial charge on any atom is 0.313 e. The zero-order valence-electron chi connectivity index (χ0n) is 11.0. The second-order valence-corrected chi connectivity index (χ2v) is 7.13. The van der Waals surface area contributed by atoms with Gasteiger partial charge < -0.3 is 10.8 Å². The van der Waals surface area contributed by atoms with Crippen LogP contribution in [-0.4, -0.2) is 26.8 Å². The molecule has 106 valence electrons. The van der Waals surface area contributed by atoms with Crippen LogP contribution in [0.25, 0.3) is 10.2 Å². The number of carboxylic acids is 1. The average molecular weight is 309 g/mol. The first-order valence-electron chi connectivity index (χ1n) is 6.47. The van der Waals surface area contributed by atoms with Crippen LogP contribution in [-0.2, 0) is 17.6 Å². The van der Waals surface area contributed by atoms with Crippen molar-refractivity contribution in [3.8, 4) is 0 Å². The number of hydrogen-bond donors (Lipinski definition) is 2. The number of hydrogen-bond acceptors (Lipinski definition) is 6. The second-order valence-electron chi connectivity index (χ2n) is 5.11. The van der Waals surface area contributed by atoms with Crippen LogP contribution < -0.4 is 5.73 Å². The number of thioether (sulfide) groups is 1. The molecule has 2 aromatic heterocycles. The number of aliphatic carboxylic acids is 1. The Bertz CT molecular complexity index is 684. The summed E-state index contributed by atoms with van der Waals surface area (Å²) in [7, 11) is 0. The minimum absolute atomic E-state index is 0.0485. The molecule has 2 heterocycles. The third-order valence-electron chi connectivity index (χ3n) is 3.49. The fourth-order valence-electron chi connectivity index (χ4n) is 2.54. The van der Waals surface area contributed by atoms with E-state index in [-0.39, 0.29) is 5.75 Å². The van der Waals surface area contributed by atoms with E-state index in [9.17, 15) is 4.79 Å². The monoisotopic (exact) mass is 309 g/mol. The van der Waals surface area contributed by atoms with Gasteiger partial charge in [-0.2, -0.15) is 0 Å². The average Bonchev–Trinajstić information content (AvgIpc) is 2.73. The van der Waals surface area contributed by atoms with Crippen molar-refractivity contribution in [1.82, 2.24) is 9.97 Å². The molecule has 7 heteroatoms. The van der Waals surface area contributed by atoms with Crippen molar-refractivity contribution in [3.05, 3.63) is 10.4 Å². The number of anilines is 1. The van der Waals surface area contributed by atoms with Crippen molar-refractivity contribution in [2.45, 2.75) is 31.3 Å². The van der Waals surface area contributed by atoms with Crippen LogP contribution >= 0.6 is 23.1 Å². The van der Waals surface area contributed by atoms with Crippen LogP contribution in [0.5, 0.6) is 0 Å². The number of thiophene rings is 1. The molecular weight excluding hydrogens is 294 g/mol. The molecule has 1 aliphatic carbocycles. The molecule has 1 aliphatic rings. The Morgan fingerprint density at radius 2 is 2.35 bits per heavy atom. The molecule has 1 unspecified atom stereocenters. The largest absolute Gasteiger partial charge is 0.481 e. The maximum atomic E-state index is 10.6. The van der Waals surface area contributed by atoms with E-state index in [0.717, 1.165) is 34.8 Å². The van der Waals surface area contributed by atoms with Gasteiger partial charge >= 0.3 is 5.97 Å².